The summed E-state index contributed by atoms with van der Waals surface area (Å²) in [6.45, 7) is 2.64. The van der Waals surface area contributed by atoms with Crippen molar-refractivity contribution in [1.29, 1.82) is 0 Å². The number of benzene rings is 1. The van der Waals surface area contributed by atoms with Crippen molar-refractivity contribution in [2.24, 2.45) is 0 Å². The van der Waals surface area contributed by atoms with Crippen LogP contribution in [0.3, 0.4) is 0 Å². The van der Waals surface area contributed by atoms with E-state index in [1.807, 2.05) is 4.90 Å². The van der Waals surface area contributed by atoms with Crippen LogP contribution in [0.5, 0.6) is 5.75 Å². The second-order valence-corrected chi connectivity index (χ2v) is 4.77. The predicted octanol–water partition coefficient (Wildman–Crippen LogP) is 1.30. The Kier molecular flexibility index (Phi) is 3.66. The fraction of sp³-hybridized carbons (Fsp3) is 0.429. The summed E-state index contributed by atoms with van der Waals surface area (Å²) in [5.41, 5.74) is 1.61. The molecule has 7 heteroatoms. The highest BCUT2D eigenvalue weighted by molar-refractivity contribution is 5.87. The lowest BCUT2D eigenvalue weighted by Crippen LogP contribution is -2.36. The van der Waals surface area contributed by atoms with Crippen LogP contribution >= 0.6 is 0 Å². The normalized spacial score (nSPS) is 15.4. The number of oxazole rings is 1. The molecule has 2 aromatic rings. The summed E-state index contributed by atoms with van der Waals surface area (Å²) in [5.74, 6) is -0.340. The van der Waals surface area contributed by atoms with Crippen molar-refractivity contribution in [2.75, 3.05) is 38.3 Å². The van der Waals surface area contributed by atoms with Crippen LogP contribution in [-0.4, -0.2) is 49.5 Å². The smallest absolute Gasteiger partial charge is 0.307 e. The van der Waals surface area contributed by atoms with Crippen LogP contribution in [0.15, 0.2) is 16.5 Å². The molecule has 0 radical (unpaired) electrons. The molecule has 1 fully saturated rings. The number of nitrogens with zero attached hydrogens (tertiary/aromatic N) is 2. The number of rotatable bonds is 4. The minimum Gasteiger partial charge on any atom is -0.494 e. The molecule has 21 heavy (non-hydrogen) atoms. The molecule has 2 heterocycles. The minimum atomic E-state index is -0.911. The molecule has 0 amide bonds. The van der Waals surface area contributed by atoms with Gasteiger partial charge < -0.3 is 23.9 Å². The van der Waals surface area contributed by atoms with E-state index in [0.29, 0.717) is 54.7 Å². The quantitative estimate of drug-likeness (QED) is 0.909. The number of carboxylic acids is 1. The largest absolute Gasteiger partial charge is 0.494 e. The van der Waals surface area contributed by atoms with Crippen LogP contribution in [0.2, 0.25) is 0 Å². The highest BCUT2D eigenvalue weighted by atomic mass is 16.5. The van der Waals surface area contributed by atoms with Crippen LogP contribution in [0.1, 0.15) is 5.56 Å². The summed E-state index contributed by atoms with van der Waals surface area (Å²) in [6.07, 6.45) is -0.113. The first-order chi connectivity index (χ1) is 10.2. The number of hydrogen-bond acceptors (Lipinski definition) is 6. The van der Waals surface area contributed by atoms with E-state index in [-0.39, 0.29) is 6.42 Å². The Balaban J connectivity index is 2.05. The molecule has 0 bridgehead atoms. The van der Waals surface area contributed by atoms with Gasteiger partial charge in [-0.1, -0.05) is 6.07 Å². The summed E-state index contributed by atoms with van der Waals surface area (Å²) < 4.78 is 16.4. The lowest BCUT2D eigenvalue weighted by Gasteiger charge is -2.24. The Bertz CT molecular complexity index is 661. The van der Waals surface area contributed by atoms with Crippen molar-refractivity contribution < 1.29 is 23.8 Å². The Hall–Kier alpha value is -2.28. The van der Waals surface area contributed by atoms with E-state index < -0.39 is 5.97 Å². The Morgan fingerprint density at radius 1 is 1.43 bits per heavy atom. The molecular weight excluding hydrogens is 276 g/mol. The number of ether oxygens (including phenoxy) is 2. The molecule has 0 aliphatic carbocycles. The second kappa shape index (κ2) is 5.61. The number of carboxylic acid groups (broad SMARTS) is 1. The van der Waals surface area contributed by atoms with Gasteiger partial charge in [0.25, 0.3) is 6.01 Å². The van der Waals surface area contributed by atoms with Crippen molar-refractivity contribution in [3.05, 3.63) is 17.7 Å². The summed E-state index contributed by atoms with van der Waals surface area (Å²) in [7, 11) is 1.55. The molecule has 1 aliphatic heterocycles. The van der Waals surface area contributed by atoms with Gasteiger partial charge in [0.1, 0.15) is 5.75 Å². The SMILES string of the molecule is COc1ccc(CC(=O)O)c2oc(N3CCOCC3)nc12. The maximum Gasteiger partial charge on any atom is 0.307 e. The molecule has 0 unspecified atom stereocenters. The topological polar surface area (TPSA) is 85.0 Å². The van der Waals surface area contributed by atoms with Crippen LogP contribution in [-0.2, 0) is 16.0 Å². The maximum absolute atomic E-state index is 11.0. The third kappa shape index (κ3) is 2.64. The summed E-state index contributed by atoms with van der Waals surface area (Å²) in [5, 5.41) is 8.99. The number of anilines is 1. The zero-order valence-electron chi connectivity index (χ0n) is 11.7. The van der Waals surface area contributed by atoms with E-state index in [1.54, 1.807) is 19.2 Å². The number of aliphatic carboxylic acids is 1. The highest BCUT2D eigenvalue weighted by Gasteiger charge is 2.21. The number of carbonyl (C=O) groups is 1. The van der Waals surface area contributed by atoms with E-state index in [1.165, 1.54) is 0 Å². The number of methoxy groups -OCH3 is 1. The lowest BCUT2D eigenvalue weighted by molar-refractivity contribution is -0.136. The Morgan fingerprint density at radius 3 is 2.86 bits per heavy atom. The van der Waals surface area contributed by atoms with Crippen LogP contribution in [0.25, 0.3) is 11.1 Å². The van der Waals surface area contributed by atoms with Gasteiger partial charge in [0.2, 0.25) is 0 Å². The van der Waals surface area contributed by atoms with E-state index >= 15 is 0 Å². The van der Waals surface area contributed by atoms with E-state index in [2.05, 4.69) is 4.98 Å². The molecule has 1 aromatic heterocycles. The molecule has 112 valence electrons. The first-order valence-electron chi connectivity index (χ1n) is 6.70. The fourth-order valence-corrected chi connectivity index (χ4v) is 2.38. The van der Waals surface area contributed by atoms with Crippen molar-refractivity contribution in [2.45, 2.75) is 6.42 Å². The third-order valence-corrected chi connectivity index (χ3v) is 3.42. The number of fused-ring (bicyclic) bond motifs is 1. The molecule has 1 aromatic carbocycles. The van der Waals surface area contributed by atoms with Crippen molar-refractivity contribution in [3.63, 3.8) is 0 Å². The van der Waals surface area contributed by atoms with Gasteiger partial charge >= 0.3 is 5.97 Å². The van der Waals surface area contributed by atoms with Gasteiger partial charge in [-0.3, -0.25) is 4.79 Å². The van der Waals surface area contributed by atoms with Gasteiger partial charge in [-0.15, -0.1) is 0 Å². The first kappa shape index (κ1) is 13.7. The number of morpholine rings is 1. The lowest BCUT2D eigenvalue weighted by atomic mass is 10.1. The molecule has 7 nitrogen and oxygen atoms in total. The van der Waals surface area contributed by atoms with Crippen LogP contribution in [0, 0.1) is 0 Å². The van der Waals surface area contributed by atoms with E-state index in [9.17, 15) is 4.79 Å². The number of hydrogen-bond donors (Lipinski definition) is 1. The van der Waals surface area contributed by atoms with E-state index in [4.69, 9.17) is 19.0 Å². The van der Waals surface area contributed by atoms with Crippen molar-refractivity contribution in [1.82, 2.24) is 4.98 Å². The van der Waals surface area contributed by atoms with Gasteiger partial charge in [0.05, 0.1) is 26.7 Å². The second-order valence-electron chi connectivity index (χ2n) is 4.77. The van der Waals surface area contributed by atoms with Gasteiger partial charge in [-0.25, -0.2) is 0 Å². The zero-order chi connectivity index (χ0) is 14.8. The van der Waals surface area contributed by atoms with Crippen LogP contribution < -0.4 is 9.64 Å². The maximum atomic E-state index is 11.0. The van der Waals surface area contributed by atoms with Gasteiger partial charge in [-0.05, 0) is 6.07 Å². The summed E-state index contributed by atoms with van der Waals surface area (Å²) in [4.78, 5) is 17.4. The average Bonchev–Trinajstić information content (AvgIpc) is 2.94. The predicted molar refractivity (Wildman–Crippen MR) is 74.9 cm³/mol. The Morgan fingerprint density at radius 2 is 2.19 bits per heavy atom. The standard InChI is InChI=1S/C14H16N2O5/c1-19-10-3-2-9(8-11(17)18)13-12(10)15-14(21-13)16-4-6-20-7-5-16/h2-3H,4-8H2,1H3,(H,17,18). The van der Waals surface area contributed by atoms with Gasteiger partial charge in [-0.2, -0.15) is 4.98 Å². The molecule has 3 rings (SSSR count). The summed E-state index contributed by atoms with van der Waals surface area (Å²) in [6, 6.07) is 3.89. The van der Waals surface area contributed by atoms with Crippen LogP contribution in [0.4, 0.5) is 6.01 Å². The first-order valence-corrected chi connectivity index (χ1v) is 6.70. The van der Waals surface area contributed by atoms with Crippen molar-refractivity contribution >= 4 is 23.1 Å². The molecular formula is C14H16N2O5. The van der Waals surface area contributed by atoms with Gasteiger partial charge in [0.15, 0.2) is 11.1 Å². The zero-order valence-corrected chi connectivity index (χ0v) is 11.7. The summed E-state index contributed by atoms with van der Waals surface area (Å²) >= 11 is 0. The van der Waals surface area contributed by atoms with E-state index in [0.717, 1.165) is 0 Å². The fourth-order valence-electron chi connectivity index (χ4n) is 2.38. The molecule has 1 saturated heterocycles. The third-order valence-electron chi connectivity index (χ3n) is 3.42. The van der Waals surface area contributed by atoms with Crippen molar-refractivity contribution in [3.8, 4) is 5.75 Å². The molecule has 0 atom stereocenters. The Labute approximate surface area is 121 Å². The molecule has 1 N–H and O–H groups in total. The monoisotopic (exact) mass is 292 g/mol. The minimum absolute atomic E-state index is 0.113. The molecule has 0 spiro atoms. The highest BCUT2D eigenvalue weighted by Crippen LogP contribution is 2.32. The molecule has 0 saturated carbocycles. The molecule has 1 aliphatic rings. The average molecular weight is 292 g/mol. The number of aromatic nitrogens is 1. The van der Waals surface area contributed by atoms with Gasteiger partial charge in [0, 0.05) is 18.7 Å².